The fourth-order valence-electron chi connectivity index (χ4n) is 1.75. The highest BCUT2D eigenvalue weighted by atomic mass is 32.1. The topological polar surface area (TPSA) is 71.1 Å². The van der Waals surface area contributed by atoms with Crippen LogP contribution in [0.4, 0.5) is 11.4 Å². The molecule has 0 atom stereocenters. The summed E-state index contributed by atoms with van der Waals surface area (Å²) in [6.07, 6.45) is 1.96. The highest BCUT2D eigenvalue weighted by molar-refractivity contribution is 7.07. The third-order valence-corrected chi connectivity index (χ3v) is 3.61. The van der Waals surface area contributed by atoms with Crippen molar-refractivity contribution >= 4 is 34.5 Å². The lowest BCUT2D eigenvalue weighted by Gasteiger charge is -2.06. The second-order valence-corrected chi connectivity index (χ2v) is 5.39. The van der Waals surface area contributed by atoms with Crippen molar-refractivity contribution in [1.29, 1.82) is 0 Å². The van der Waals surface area contributed by atoms with Gasteiger partial charge < -0.3 is 10.6 Å². The molecule has 1 fully saturated rings. The summed E-state index contributed by atoms with van der Waals surface area (Å²) in [5.41, 5.74) is 3.44. The second kappa shape index (κ2) is 5.42. The number of carbonyl (C=O) groups is 2. The molecule has 3 rings (SSSR count). The molecule has 1 heterocycles. The lowest BCUT2D eigenvalue weighted by Crippen LogP contribution is -2.14. The molecular weight excluding hydrogens is 274 g/mol. The monoisotopic (exact) mass is 287 g/mol. The summed E-state index contributed by atoms with van der Waals surface area (Å²) in [5, 5.41) is 7.30. The molecule has 1 aliphatic rings. The van der Waals surface area contributed by atoms with E-state index >= 15 is 0 Å². The molecule has 20 heavy (non-hydrogen) atoms. The molecule has 0 spiro atoms. The highest BCUT2D eigenvalue weighted by Gasteiger charge is 2.29. The molecule has 2 aromatic rings. The number of rotatable bonds is 4. The normalized spacial score (nSPS) is 13.8. The Morgan fingerprint density at radius 3 is 2.30 bits per heavy atom. The number of carbonyl (C=O) groups excluding carboxylic acids is 2. The quantitative estimate of drug-likeness (QED) is 0.908. The van der Waals surface area contributed by atoms with Crippen LogP contribution in [0, 0.1) is 5.92 Å². The van der Waals surface area contributed by atoms with Crippen molar-refractivity contribution < 1.29 is 9.59 Å². The summed E-state index contributed by atoms with van der Waals surface area (Å²) < 4.78 is 0. The Kier molecular flexibility index (Phi) is 3.47. The van der Waals surface area contributed by atoms with E-state index in [-0.39, 0.29) is 17.7 Å². The van der Waals surface area contributed by atoms with Crippen molar-refractivity contribution in [2.75, 3.05) is 10.6 Å². The van der Waals surface area contributed by atoms with Gasteiger partial charge in [0.25, 0.3) is 5.91 Å². The van der Waals surface area contributed by atoms with Gasteiger partial charge in [0, 0.05) is 22.7 Å². The second-order valence-electron chi connectivity index (χ2n) is 4.67. The van der Waals surface area contributed by atoms with Gasteiger partial charge in [0.05, 0.1) is 5.51 Å². The van der Waals surface area contributed by atoms with Crippen LogP contribution in [0.5, 0.6) is 0 Å². The Morgan fingerprint density at radius 2 is 1.75 bits per heavy atom. The molecule has 1 saturated carbocycles. The lowest BCUT2D eigenvalue weighted by atomic mass is 10.2. The summed E-state index contributed by atoms with van der Waals surface area (Å²) in [5.74, 6) is 0.0179. The van der Waals surface area contributed by atoms with E-state index in [0.29, 0.717) is 11.4 Å². The van der Waals surface area contributed by atoms with Crippen molar-refractivity contribution in [3.05, 3.63) is 40.8 Å². The zero-order valence-corrected chi connectivity index (χ0v) is 11.4. The van der Waals surface area contributed by atoms with E-state index in [1.54, 1.807) is 35.2 Å². The van der Waals surface area contributed by atoms with Crippen molar-refractivity contribution in [1.82, 2.24) is 4.98 Å². The van der Waals surface area contributed by atoms with E-state index in [4.69, 9.17) is 0 Å². The number of hydrogen-bond donors (Lipinski definition) is 2. The molecule has 0 radical (unpaired) electrons. The number of aromatic nitrogens is 1. The largest absolute Gasteiger partial charge is 0.326 e. The predicted molar refractivity (Wildman–Crippen MR) is 77.9 cm³/mol. The minimum atomic E-state index is -0.235. The average Bonchev–Trinajstić information content (AvgIpc) is 3.16. The molecule has 0 saturated heterocycles. The van der Waals surface area contributed by atoms with Crippen LogP contribution < -0.4 is 10.6 Å². The molecule has 2 N–H and O–H groups in total. The third-order valence-electron chi connectivity index (χ3n) is 3.02. The van der Waals surface area contributed by atoms with Crippen LogP contribution in [0.3, 0.4) is 0 Å². The van der Waals surface area contributed by atoms with Crippen LogP contribution >= 0.6 is 11.3 Å². The van der Waals surface area contributed by atoms with E-state index in [0.717, 1.165) is 18.5 Å². The number of anilines is 2. The fourth-order valence-corrected chi connectivity index (χ4v) is 2.28. The molecular formula is C14H13N3O2S. The molecule has 2 amide bonds. The van der Waals surface area contributed by atoms with Gasteiger partial charge in [-0.2, -0.15) is 0 Å². The van der Waals surface area contributed by atoms with Crippen LogP contribution in [0.1, 0.15) is 23.3 Å². The molecule has 0 bridgehead atoms. The maximum Gasteiger partial charge on any atom is 0.275 e. The molecule has 6 heteroatoms. The van der Waals surface area contributed by atoms with Gasteiger partial charge in [0.15, 0.2) is 0 Å². The molecule has 1 aromatic heterocycles. The first-order valence-electron chi connectivity index (χ1n) is 6.33. The minimum Gasteiger partial charge on any atom is -0.326 e. The van der Waals surface area contributed by atoms with Gasteiger partial charge in [-0.05, 0) is 37.1 Å². The van der Waals surface area contributed by atoms with Crippen molar-refractivity contribution in [2.24, 2.45) is 5.92 Å². The van der Waals surface area contributed by atoms with Crippen LogP contribution in [0.2, 0.25) is 0 Å². The number of nitrogens with zero attached hydrogens (tertiary/aromatic N) is 1. The van der Waals surface area contributed by atoms with Crippen LogP contribution in [-0.2, 0) is 4.79 Å². The van der Waals surface area contributed by atoms with Crippen molar-refractivity contribution in [2.45, 2.75) is 12.8 Å². The van der Waals surface area contributed by atoms with Crippen LogP contribution in [0.25, 0.3) is 0 Å². The van der Waals surface area contributed by atoms with Gasteiger partial charge in [0.1, 0.15) is 5.69 Å². The third kappa shape index (κ3) is 3.03. The summed E-state index contributed by atoms with van der Waals surface area (Å²) >= 11 is 1.38. The van der Waals surface area contributed by atoms with Crippen LogP contribution in [-0.4, -0.2) is 16.8 Å². The van der Waals surface area contributed by atoms with Gasteiger partial charge in [-0.15, -0.1) is 11.3 Å². The van der Waals surface area contributed by atoms with E-state index in [1.807, 2.05) is 0 Å². The van der Waals surface area contributed by atoms with E-state index < -0.39 is 0 Å². The average molecular weight is 287 g/mol. The SMILES string of the molecule is O=C(Nc1ccc(NC(=O)C2CC2)cc1)c1cscn1. The Labute approximate surface area is 120 Å². The minimum absolute atomic E-state index is 0.0734. The Morgan fingerprint density at radius 1 is 1.10 bits per heavy atom. The lowest BCUT2D eigenvalue weighted by molar-refractivity contribution is -0.117. The molecule has 0 unspecified atom stereocenters. The first kappa shape index (κ1) is 12.8. The predicted octanol–water partition coefficient (Wildman–Crippen LogP) is 2.74. The summed E-state index contributed by atoms with van der Waals surface area (Å²) in [6.45, 7) is 0. The summed E-state index contributed by atoms with van der Waals surface area (Å²) in [4.78, 5) is 27.3. The zero-order chi connectivity index (χ0) is 13.9. The molecule has 5 nitrogen and oxygen atoms in total. The Balaban J connectivity index is 1.61. The maximum atomic E-state index is 11.8. The molecule has 1 aliphatic carbocycles. The fraction of sp³-hybridized carbons (Fsp3) is 0.214. The van der Waals surface area contributed by atoms with Crippen molar-refractivity contribution in [3.8, 4) is 0 Å². The van der Waals surface area contributed by atoms with E-state index in [1.165, 1.54) is 11.3 Å². The van der Waals surface area contributed by atoms with Gasteiger partial charge in [0.2, 0.25) is 5.91 Å². The van der Waals surface area contributed by atoms with E-state index in [9.17, 15) is 9.59 Å². The Hall–Kier alpha value is -2.21. The molecule has 1 aromatic carbocycles. The number of benzene rings is 1. The van der Waals surface area contributed by atoms with Gasteiger partial charge >= 0.3 is 0 Å². The zero-order valence-electron chi connectivity index (χ0n) is 10.6. The van der Waals surface area contributed by atoms with Crippen LogP contribution in [0.15, 0.2) is 35.2 Å². The molecule has 102 valence electrons. The van der Waals surface area contributed by atoms with Gasteiger partial charge in [-0.3, -0.25) is 9.59 Å². The number of amides is 2. The van der Waals surface area contributed by atoms with E-state index in [2.05, 4.69) is 15.6 Å². The maximum absolute atomic E-state index is 11.8. The van der Waals surface area contributed by atoms with Gasteiger partial charge in [-0.25, -0.2) is 4.98 Å². The van der Waals surface area contributed by atoms with Gasteiger partial charge in [-0.1, -0.05) is 0 Å². The highest BCUT2D eigenvalue weighted by Crippen LogP contribution is 2.30. The number of thiazole rings is 1. The van der Waals surface area contributed by atoms with Crippen molar-refractivity contribution in [3.63, 3.8) is 0 Å². The Bertz CT molecular complexity index is 618. The molecule has 0 aliphatic heterocycles. The summed E-state index contributed by atoms with van der Waals surface area (Å²) in [7, 11) is 0. The first-order chi connectivity index (χ1) is 9.72. The number of hydrogen-bond acceptors (Lipinski definition) is 4. The smallest absolute Gasteiger partial charge is 0.275 e. The number of nitrogens with one attached hydrogen (secondary N) is 2. The first-order valence-corrected chi connectivity index (χ1v) is 7.27. The summed E-state index contributed by atoms with van der Waals surface area (Å²) in [6, 6.07) is 7.06. The standard InChI is InChI=1S/C14H13N3O2S/c18-13(9-1-2-9)16-10-3-5-11(6-4-10)17-14(19)12-7-20-8-15-12/h3-9H,1-2H2,(H,16,18)(H,17,19).